The molecule has 2 aromatic carbocycles. The number of benzene rings is 2. The molecule has 0 bridgehead atoms. The standard InChI is InChI=1S/C19H23FN2O4.CH2O2/c1-12-5-6-13(9-16(12)21)25-7-3-4-8-26-18-11-17(22)14(10-15(18)20)19(23)24-2;2-1-3/h5-6,9-11H,3-4,7-8,21-22H2,1-2H3;1H,(H,2,3). The van der Waals surface area contributed by atoms with E-state index in [2.05, 4.69) is 4.74 Å². The third-order valence-corrected chi connectivity index (χ3v) is 3.83. The maximum Gasteiger partial charge on any atom is 0.340 e. The predicted octanol–water partition coefficient (Wildman–Crippen LogP) is 3.02. The molecule has 0 amide bonds. The van der Waals surface area contributed by atoms with Gasteiger partial charge in [-0.15, -0.1) is 0 Å². The fraction of sp³-hybridized carbons (Fsp3) is 0.300. The normalized spacial score (nSPS) is 9.76. The molecule has 0 atom stereocenters. The summed E-state index contributed by atoms with van der Waals surface area (Å²) in [6.07, 6.45) is 1.39. The lowest BCUT2D eigenvalue weighted by molar-refractivity contribution is -0.122. The van der Waals surface area contributed by atoms with Crippen LogP contribution in [0.4, 0.5) is 15.8 Å². The highest BCUT2D eigenvalue weighted by Crippen LogP contribution is 2.25. The molecule has 0 aliphatic rings. The van der Waals surface area contributed by atoms with Crippen molar-refractivity contribution in [2.24, 2.45) is 0 Å². The van der Waals surface area contributed by atoms with Crippen molar-refractivity contribution in [3.05, 3.63) is 47.3 Å². The van der Waals surface area contributed by atoms with E-state index < -0.39 is 11.8 Å². The van der Waals surface area contributed by atoms with Crippen LogP contribution >= 0.6 is 0 Å². The number of carbonyl (C=O) groups is 2. The second-order valence-electron chi connectivity index (χ2n) is 5.89. The third kappa shape index (κ3) is 7.57. The minimum atomic E-state index is -0.693. The molecule has 0 aromatic heterocycles. The molecular weight excluding hydrogens is 383 g/mol. The Morgan fingerprint density at radius 2 is 1.72 bits per heavy atom. The number of carboxylic acid groups (broad SMARTS) is 1. The Labute approximate surface area is 168 Å². The average molecular weight is 408 g/mol. The smallest absolute Gasteiger partial charge is 0.340 e. The van der Waals surface area contributed by atoms with Crippen molar-refractivity contribution in [2.75, 3.05) is 31.8 Å². The Kier molecular flexibility index (Phi) is 9.80. The van der Waals surface area contributed by atoms with Crippen LogP contribution in [0.15, 0.2) is 30.3 Å². The van der Waals surface area contributed by atoms with E-state index in [1.54, 1.807) is 6.07 Å². The number of rotatable bonds is 8. The summed E-state index contributed by atoms with van der Waals surface area (Å²) < 4.78 is 29.5. The number of nitrogen functional groups attached to an aromatic ring is 2. The fourth-order valence-electron chi connectivity index (χ4n) is 2.25. The van der Waals surface area contributed by atoms with Gasteiger partial charge in [0.25, 0.3) is 6.47 Å². The topological polar surface area (TPSA) is 134 Å². The molecule has 9 heteroatoms. The van der Waals surface area contributed by atoms with E-state index in [1.807, 2.05) is 19.1 Å². The summed E-state index contributed by atoms with van der Waals surface area (Å²) in [4.78, 5) is 19.8. The van der Waals surface area contributed by atoms with Crippen molar-refractivity contribution in [1.29, 1.82) is 0 Å². The summed E-state index contributed by atoms with van der Waals surface area (Å²) >= 11 is 0. The van der Waals surface area contributed by atoms with Gasteiger partial charge in [-0.05, 0) is 37.5 Å². The lowest BCUT2D eigenvalue weighted by Crippen LogP contribution is -2.08. The minimum Gasteiger partial charge on any atom is -0.494 e. The first-order chi connectivity index (χ1) is 13.8. The van der Waals surface area contributed by atoms with E-state index in [1.165, 1.54) is 13.2 Å². The highest BCUT2D eigenvalue weighted by Gasteiger charge is 2.15. The molecule has 158 valence electrons. The van der Waals surface area contributed by atoms with Crippen LogP contribution in [0.5, 0.6) is 11.5 Å². The monoisotopic (exact) mass is 408 g/mol. The van der Waals surface area contributed by atoms with Gasteiger partial charge in [0, 0.05) is 17.8 Å². The van der Waals surface area contributed by atoms with Crippen LogP contribution in [0, 0.1) is 12.7 Å². The number of aryl methyl sites for hydroxylation is 1. The van der Waals surface area contributed by atoms with Crippen LogP contribution in [0.25, 0.3) is 0 Å². The van der Waals surface area contributed by atoms with Gasteiger partial charge in [0.05, 0.1) is 31.6 Å². The molecule has 0 radical (unpaired) electrons. The van der Waals surface area contributed by atoms with Crippen LogP contribution in [-0.2, 0) is 9.53 Å². The lowest BCUT2D eigenvalue weighted by Gasteiger charge is -2.11. The molecule has 0 spiro atoms. The number of unbranched alkanes of at least 4 members (excludes halogenated alkanes) is 1. The third-order valence-electron chi connectivity index (χ3n) is 3.83. The predicted molar refractivity (Wildman–Crippen MR) is 107 cm³/mol. The number of anilines is 2. The molecule has 0 saturated carbocycles. The molecule has 0 heterocycles. The van der Waals surface area contributed by atoms with Gasteiger partial charge in [-0.3, -0.25) is 4.79 Å². The number of hydrogen-bond acceptors (Lipinski definition) is 7. The summed E-state index contributed by atoms with van der Waals surface area (Å²) in [5.74, 6) is -0.638. The van der Waals surface area contributed by atoms with Crippen LogP contribution in [0.2, 0.25) is 0 Å². The number of carbonyl (C=O) groups excluding carboxylic acids is 1. The average Bonchev–Trinajstić information content (AvgIpc) is 2.69. The zero-order valence-electron chi connectivity index (χ0n) is 16.3. The van der Waals surface area contributed by atoms with E-state index >= 15 is 0 Å². The number of hydrogen-bond donors (Lipinski definition) is 3. The van der Waals surface area contributed by atoms with E-state index in [0.29, 0.717) is 31.1 Å². The molecular formula is C20H25FN2O6. The number of nitrogens with two attached hydrogens (primary N) is 2. The molecule has 2 rings (SSSR count). The van der Waals surface area contributed by atoms with Gasteiger partial charge in [-0.25, -0.2) is 9.18 Å². The largest absolute Gasteiger partial charge is 0.494 e. The Morgan fingerprint density at radius 1 is 1.10 bits per heavy atom. The summed E-state index contributed by atoms with van der Waals surface area (Å²) in [7, 11) is 1.21. The molecule has 0 unspecified atom stereocenters. The molecule has 0 aliphatic heterocycles. The Hall–Kier alpha value is -3.49. The second kappa shape index (κ2) is 12.1. The zero-order chi connectivity index (χ0) is 21.8. The lowest BCUT2D eigenvalue weighted by atomic mass is 10.1. The van der Waals surface area contributed by atoms with E-state index in [-0.39, 0.29) is 23.5 Å². The zero-order valence-corrected chi connectivity index (χ0v) is 16.3. The molecule has 0 aliphatic carbocycles. The van der Waals surface area contributed by atoms with Crippen LogP contribution in [-0.4, -0.2) is 37.9 Å². The van der Waals surface area contributed by atoms with E-state index in [9.17, 15) is 9.18 Å². The first-order valence-electron chi connectivity index (χ1n) is 8.71. The highest BCUT2D eigenvalue weighted by molar-refractivity contribution is 5.95. The van der Waals surface area contributed by atoms with Gasteiger partial charge in [0.2, 0.25) is 0 Å². The van der Waals surface area contributed by atoms with Crippen LogP contribution in [0.3, 0.4) is 0 Å². The number of halogens is 1. The van der Waals surface area contributed by atoms with Gasteiger partial charge in [0.1, 0.15) is 5.75 Å². The first kappa shape index (κ1) is 23.5. The maximum absolute atomic E-state index is 14.0. The molecule has 0 fully saturated rings. The first-order valence-corrected chi connectivity index (χ1v) is 8.71. The molecule has 29 heavy (non-hydrogen) atoms. The molecule has 2 aromatic rings. The maximum atomic E-state index is 14.0. The van der Waals surface area contributed by atoms with Crippen molar-refractivity contribution in [3.63, 3.8) is 0 Å². The van der Waals surface area contributed by atoms with Crippen molar-refractivity contribution in [2.45, 2.75) is 19.8 Å². The summed E-state index contributed by atoms with van der Waals surface area (Å²) in [5, 5.41) is 6.89. The van der Waals surface area contributed by atoms with Crippen molar-refractivity contribution in [1.82, 2.24) is 0 Å². The van der Waals surface area contributed by atoms with Gasteiger partial charge in [0.15, 0.2) is 11.6 Å². The highest BCUT2D eigenvalue weighted by atomic mass is 19.1. The van der Waals surface area contributed by atoms with Gasteiger partial charge < -0.3 is 30.8 Å². The SMILES string of the molecule is COC(=O)c1cc(F)c(OCCCCOc2ccc(C)c(N)c2)cc1N.O=CO. The van der Waals surface area contributed by atoms with Crippen LogP contribution < -0.4 is 20.9 Å². The number of ether oxygens (including phenoxy) is 3. The fourth-order valence-corrected chi connectivity index (χ4v) is 2.25. The summed E-state index contributed by atoms with van der Waals surface area (Å²) in [6, 6.07) is 7.85. The van der Waals surface area contributed by atoms with Gasteiger partial charge in [-0.2, -0.15) is 0 Å². The Balaban J connectivity index is 0.00000132. The van der Waals surface area contributed by atoms with Crippen molar-refractivity contribution >= 4 is 23.8 Å². The number of methoxy groups -OCH3 is 1. The van der Waals surface area contributed by atoms with Crippen molar-refractivity contribution in [3.8, 4) is 11.5 Å². The Bertz CT molecular complexity index is 829. The second-order valence-corrected chi connectivity index (χ2v) is 5.89. The quantitative estimate of drug-likeness (QED) is 0.263. The number of esters is 1. The van der Waals surface area contributed by atoms with Crippen LogP contribution in [0.1, 0.15) is 28.8 Å². The summed E-state index contributed by atoms with van der Waals surface area (Å²) in [5.41, 5.74) is 13.3. The summed E-state index contributed by atoms with van der Waals surface area (Å²) in [6.45, 7) is 2.48. The minimum absolute atomic E-state index is 0.00220. The van der Waals surface area contributed by atoms with E-state index in [0.717, 1.165) is 18.1 Å². The molecule has 5 N–H and O–H groups in total. The molecule has 0 saturated heterocycles. The van der Waals surface area contributed by atoms with Gasteiger partial charge in [-0.1, -0.05) is 6.07 Å². The van der Waals surface area contributed by atoms with Crippen molar-refractivity contribution < 1.29 is 33.3 Å². The molecule has 8 nitrogen and oxygen atoms in total. The Morgan fingerprint density at radius 3 is 2.31 bits per heavy atom. The van der Waals surface area contributed by atoms with Gasteiger partial charge >= 0.3 is 5.97 Å². The van der Waals surface area contributed by atoms with E-state index in [4.69, 9.17) is 30.8 Å².